The zero-order chi connectivity index (χ0) is 15.5. The minimum Gasteiger partial charge on any atom is -0.278 e. The number of hydrogen-bond acceptors (Lipinski definition) is 4. The van der Waals surface area contributed by atoms with Crippen molar-refractivity contribution >= 4 is 44.5 Å². The maximum atomic E-state index is 11.5. The van der Waals surface area contributed by atoms with Gasteiger partial charge in [0.25, 0.3) is 0 Å². The second kappa shape index (κ2) is 6.37. The highest BCUT2D eigenvalue weighted by molar-refractivity contribution is 9.10. The highest BCUT2D eigenvalue weighted by atomic mass is 79.9. The number of anilines is 2. The Bertz CT molecular complexity index is 787. The molecule has 2 heterocycles. The number of rotatable bonds is 4. The number of aromatic nitrogens is 2. The smallest absolute Gasteiger partial charge is 0.220 e. The van der Waals surface area contributed by atoms with Gasteiger partial charge in [0.1, 0.15) is 0 Å². The minimum atomic E-state index is 0.637. The first kappa shape index (κ1) is 14.9. The quantitative estimate of drug-likeness (QED) is 0.629. The number of halogens is 1. The highest BCUT2D eigenvalue weighted by Crippen LogP contribution is 2.35. The molecule has 0 aliphatic heterocycles. The molecular formula is C16H12BrN3OS. The van der Waals surface area contributed by atoms with Gasteiger partial charge in [-0.25, -0.2) is 4.98 Å². The molecule has 0 bridgehead atoms. The van der Waals surface area contributed by atoms with Crippen LogP contribution in [0.5, 0.6) is 0 Å². The lowest BCUT2D eigenvalue weighted by atomic mass is 10.1. The third-order valence-corrected chi connectivity index (χ3v) is 4.64. The predicted molar refractivity (Wildman–Crippen MR) is 92.4 cm³/mol. The van der Waals surface area contributed by atoms with Crippen LogP contribution in [0.1, 0.15) is 4.88 Å². The van der Waals surface area contributed by atoms with Gasteiger partial charge in [-0.3, -0.25) is 14.7 Å². The molecule has 110 valence electrons. The fourth-order valence-corrected chi connectivity index (χ4v) is 3.26. The first-order valence-corrected chi connectivity index (χ1v) is 8.18. The van der Waals surface area contributed by atoms with Crippen molar-refractivity contribution in [3.05, 3.63) is 58.1 Å². The van der Waals surface area contributed by atoms with E-state index in [1.165, 1.54) is 16.2 Å². The summed E-state index contributed by atoms with van der Waals surface area (Å²) >= 11 is 4.91. The summed E-state index contributed by atoms with van der Waals surface area (Å²) in [6.45, 7) is 2.00. The molecule has 6 heteroatoms. The van der Waals surface area contributed by atoms with E-state index in [1.54, 1.807) is 18.5 Å². The van der Waals surface area contributed by atoms with Crippen LogP contribution >= 0.6 is 27.3 Å². The fraction of sp³-hybridized carbons (Fsp3) is 0.0625. The molecule has 0 atom stereocenters. The van der Waals surface area contributed by atoms with Crippen LogP contribution in [0.2, 0.25) is 0 Å². The molecule has 0 aliphatic rings. The Morgan fingerprint density at radius 3 is 2.64 bits per heavy atom. The largest absolute Gasteiger partial charge is 0.278 e. The van der Waals surface area contributed by atoms with Gasteiger partial charge in [0, 0.05) is 21.1 Å². The third kappa shape index (κ3) is 2.93. The molecule has 0 aliphatic carbocycles. The topological polar surface area (TPSA) is 46.1 Å². The predicted octanol–water partition coefficient (Wildman–Crippen LogP) is 4.57. The Morgan fingerprint density at radius 2 is 2.00 bits per heavy atom. The summed E-state index contributed by atoms with van der Waals surface area (Å²) in [6, 6.07) is 11.6. The van der Waals surface area contributed by atoms with E-state index in [2.05, 4.69) is 25.9 Å². The van der Waals surface area contributed by atoms with Gasteiger partial charge in [0.15, 0.2) is 5.13 Å². The van der Waals surface area contributed by atoms with E-state index in [9.17, 15) is 4.79 Å². The van der Waals surface area contributed by atoms with Crippen LogP contribution in [-0.4, -0.2) is 16.4 Å². The van der Waals surface area contributed by atoms with Crippen molar-refractivity contribution in [1.82, 2.24) is 9.97 Å². The molecule has 3 aromatic rings. The van der Waals surface area contributed by atoms with E-state index in [0.29, 0.717) is 10.8 Å². The molecule has 1 amide bonds. The van der Waals surface area contributed by atoms with Gasteiger partial charge in [-0.15, -0.1) is 11.3 Å². The van der Waals surface area contributed by atoms with Crippen molar-refractivity contribution in [1.29, 1.82) is 0 Å². The Hall–Kier alpha value is -2.05. The van der Waals surface area contributed by atoms with Crippen molar-refractivity contribution < 1.29 is 4.79 Å². The minimum absolute atomic E-state index is 0.637. The summed E-state index contributed by atoms with van der Waals surface area (Å²) in [7, 11) is 0. The molecule has 0 fully saturated rings. The van der Waals surface area contributed by atoms with Gasteiger partial charge in [0.05, 0.1) is 17.6 Å². The number of aryl methyl sites for hydroxylation is 1. The number of carbonyl (C=O) groups excluding carboxylic acids is 1. The second-order valence-electron chi connectivity index (χ2n) is 4.59. The summed E-state index contributed by atoms with van der Waals surface area (Å²) in [5.41, 5.74) is 2.62. The average Bonchev–Trinajstić information content (AvgIpc) is 2.91. The molecule has 0 saturated heterocycles. The summed E-state index contributed by atoms with van der Waals surface area (Å²) in [4.78, 5) is 22.7. The molecule has 4 nitrogen and oxygen atoms in total. The summed E-state index contributed by atoms with van der Waals surface area (Å²) in [6.07, 6.45) is 4.08. The number of carbonyl (C=O) groups is 1. The first-order chi connectivity index (χ1) is 10.7. The van der Waals surface area contributed by atoms with E-state index in [4.69, 9.17) is 0 Å². The van der Waals surface area contributed by atoms with Crippen LogP contribution in [0, 0.1) is 6.92 Å². The molecule has 1 aromatic carbocycles. The monoisotopic (exact) mass is 373 g/mol. The number of nitrogens with zero attached hydrogens (tertiary/aromatic N) is 3. The zero-order valence-corrected chi connectivity index (χ0v) is 14.1. The van der Waals surface area contributed by atoms with Gasteiger partial charge < -0.3 is 0 Å². The number of pyridine rings is 1. The standard InChI is InChI=1S/C16H12BrN3OS/c1-11-15(12-4-6-13(17)7-5-12)19-16(22-11)20(10-21)14-3-2-8-18-9-14/h2-10H,1H3. The van der Waals surface area contributed by atoms with E-state index >= 15 is 0 Å². The molecule has 0 unspecified atom stereocenters. The van der Waals surface area contributed by atoms with Gasteiger partial charge >= 0.3 is 0 Å². The van der Waals surface area contributed by atoms with Crippen LogP contribution in [-0.2, 0) is 4.79 Å². The van der Waals surface area contributed by atoms with Crippen molar-refractivity contribution in [2.75, 3.05) is 4.90 Å². The van der Waals surface area contributed by atoms with Crippen molar-refractivity contribution in [2.24, 2.45) is 0 Å². The molecular weight excluding hydrogens is 362 g/mol. The molecule has 2 aromatic heterocycles. The molecule has 3 rings (SSSR count). The van der Waals surface area contributed by atoms with Crippen LogP contribution in [0.15, 0.2) is 53.3 Å². The van der Waals surface area contributed by atoms with E-state index in [-0.39, 0.29) is 0 Å². The van der Waals surface area contributed by atoms with E-state index < -0.39 is 0 Å². The number of amides is 1. The van der Waals surface area contributed by atoms with Crippen molar-refractivity contribution in [2.45, 2.75) is 6.92 Å². The Labute approximate surface area is 140 Å². The second-order valence-corrected chi connectivity index (χ2v) is 6.69. The summed E-state index contributed by atoms with van der Waals surface area (Å²) < 4.78 is 1.02. The third-order valence-electron chi connectivity index (χ3n) is 3.14. The van der Waals surface area contributed by atoms with Gasteiger partial charge in [-0.2, -0.15) is 0 Å². The molecule has 0 spiro atoms. The molecule has 0 radical (unpaired) electrons. The molecule has 22 heavy (non-hydrogen) atoms. The summed E-state index contributed by atoms with van der Waals surface area (Å²) in [5, 5.41) is 0.637. The van der Waals surface area contributed by atoms with Crippen LogP contribution in [0.25, 0.3) is 11.3 Å². The Balaban J connectivity index is 2.01. The Kier molecular flexibility index (Phi) is 4.31. The normalized spacial score (nSPS) is 10.5. The molecule has 0 N–H and O–H groups in total. The SMILES string of the molecule is Cc1sc(N(C=O)c2cccnc2)nc1-c1ccc(Br)cc1. The number of benzene rings is 1. The number of hydrogen-bond donors (Lipinski definition) is 0. The van der Waals surface area contributed by atoms with Crippen molar-refractivity contribution in [3.63, 3.8) is 0 Å². The Morgan fingerprint density at radius 1 is 1.23 bits per heavy atom. The van der Waals surface area contributed by atoms with E-state index in [1.807, 2.05) is 37.3 Å². The maximum Gasteiger partial charge on any atom is 0.220 e. The lowest BCUT2D eigenvalue weighted by Crippen LogP contribution is -2.13. The van der Waals surface area contributed by atoms with Crippen LogP contribution in [0.4, 0.5) is 10.8 Å². The fourth-order valence-electron chi connectivity index (χ4n) is 2.07. The van der Waals surface area contributed by atoms with Gasteiger partial charge in [0.2, 0.25) is 6.41 Å². The van der Waals surface area contributed by atoms with Gasteiger partial charge in [-0.1, -0.05) is 28.1 Å². The van der Waals surface area contributed by atoms with E-state index in [0.717, 1.165) is 27.0 Å². The zero-order valence-electron chi connectivity index (χ0n) is 11.7. The van der Waals surface area contributed by atoms with Crippen LogP contribution in [0.3, 0.4) is 0 Å². The maximum absolute atomic E-state index is 11.5. The number of thiazole rings is 1. The highest BCUT2D eigenvalue weighted by Gasteiger charge is 2.16. The summed E-state index contributed by atoms with van der Waals surface area (Å²) in [5.74, 6) is 0. The average molecular weight is 374 g/mol. The lowest BCUT2D eigenvalue weighted by molar-refractivity contribution is -0.106. The van der Waals surface area contributed by atoms with Crippen molar-refractivity contribution in [3.8, 4) is 11.3 Å². The van der Waals surface area contributed by atoms with Gasteiger partial charge in [-0.05, 0) is 31.2 Å². The molecule has 0 saturated carbocycles. The first-order valence-electron chi connectivity index (χ1n) is 6.57. The lowest BCUT2D eigenvalue weighted by Gasteiger charge is -2.12. The van der Waals surface area contributed by atoms with Crippen LogP contribution < -0.4 is 4.90 Å².